The molecule has 0 fully saturated rings. The van der Waals surface area contributed by atoms with Crippen molar-refractivity contribution in [1.82, 2.24) is 0 Å². The van der Waals surface area contributed by atoms with Gasteiger partial charge in [0.05, 0.1) is 18.8 Å². The van der Waals surface area contributed by atoms with Gasteiger partial charge in [-0.2, -0.15) is 0 Å². The van der Waals surface area contributed by atoms with E-state index in [-0.39, 0.29) is 12.5 Å². The Morgan fingerprint density at radius 3 is 2.30 bits per heavy atom. The van der Waals surface area contributed by atoms with Gasteiger partial charge in [0.1, 0.15) is 0 Å². The minimum Gasteiger partial charge on any atom is -0.398 e. The Morgan fingerprint density at radius 2 is 1.70 bits per heavy atom. The highest BCUT2D eigenvalue weighted by molar-refractivity contribution is 7.99. The predicted octanol–water partition coefficient (Wildman–Crippen LogP) is 2.58. The van der Waals surface area contributed by atoms with Crippen molar-refractivity contribution in [3.05, 3.63) is 59.7 Å². The summed E-state index contributed by atoms with van der Waals surface area (Å²) in [5.74, 6) is 0.147. The number of aliphatic hydroxyl groups excluding tert-OH is 3. The van der Waals surface area contributed by atoms with E-state index in [9.17, 15) is 10.2 Å². The van der Waals surface area contributed by atoms with Crippen LogP contribution < -0.4 is 5.73 Å². The fourth-order valence-electron chi connectivity index (χ4n) is 2.27. The lowest BCUT2D eigenvalue weighted by atomic mass is 9.93. The van der Waals surface area contributed by atoms with Crippen LogP contribution >= 0.6 is 11.8 Å². The van der Waals surface area contributed by atoms with Gasteiger partial charge in [-0.3, -0.25) is 0 Å². The Hall–Kier alpha value is -1.53. The molecule has 23 heavy (non-hydrogen) atoms. The normalized spacial score (nSPS) is 15.1. The van der Waals surface area contributed by atoms with E-state index >= 15 is 0 Å². The minimum absolute atomic E-state index is 0.0241. The number of hydrogen-bond acceptors (Lipinski definition) is 5. The summed E-state index contributed by atoms with van der Waals surface area (Å²) >= 11 is 1.48. The van der Waals surface area contributed by atoms with Crippen LogP contribution in [0.2, 0.25) is 0 Å². The van der Waals surface area contributed by atoms with E-state index in [2.05, 4.69) is 0 Å². The maximum absolute atomic E-state index is 10.4. The van der Waals surface area contributed by atoms with Gasteiger partial charge in [0.15, 0.2) is 0 Å². The molecule has 0 bridgehead atoms. The summed E-state index contributed by atoms with van der Waals surface area (Å²) in [7, 11) is 0. The quantitative estimate of drug-likeness (QED) is 0.462. The number of para-hydroxylation sites is 1. The van der Waals surface area contributed by atoms with Crippen LogP contribution in [0.4, 0.5) is 5.69 Å². The Kier molecular flexibility index (Phi) is 6.47. The van der Waals surface area contributed by atoms with E-state index in [1.54, 1.807) is 24.3 Å². The van der Waals surface area contributed by atoms with Gasteiger partial charge in [-0.25, -0.2) is 0 Å². The first-order valence-electron chi connectivity index (χ1n) is 7.56. The molecule has 124 valence electrons. The molecule has 0 aromatic heterocycles. The molecule has 0 amide bonds. The van der Waals surface area contributed by atoms with Crippen molar-refractivity contribution in [2.75, 3.05) is 11.5 Å². The molecule has 0 saturated heterocycles. The molecule has 0 saturated carbocycles. The zero-order valence-electron chi connectivity index (χ0n) is 13.1. The van der Waals surface area contributed by atoms with E-state index < -0.39 is 12.2 Å². The maximum atomic E-state index is 10.4. The largest absolute Gasteiger partial charge is 0.398 e. The maximum Gasteiger partial charge on any atom is 0.0840 e. The van der Waals surface area contributed by atoms with Crippen LogP contribution in [0.5, 0.6) is 0 Å². The van der Waals surface area contributed by atoms with Crippen molar-refractivity contribution in [2.24, 2.45) is 5.92 Å². The van der Waals surface area contributed by atoms with Crippen LogP contribution in [0.1, 0.15) is 24.2 Å². The van der Waals surface area contributed by atoms with Gasteiger partial charge >= 0.3 is 0 Å². The molecule has 0 spiro atoms. The number of anilines is 1. The fourth-order valence-corrected chi connectivity index (χ4v) is 3.34. The molecule has 0 aliphatic carbocycles. The van der Waals surface area contributed by atoms with Crippen molar-refractivity contribution < 1.29 is 15.3 Å². The molecule has 2 rings (SSSR count). The summed E-state index contributed by atoms with van der Waals surface area (Å²) in [6, 6.07) is 14.6. The monoisotopic (exact) mass is 333 g/mol. The number of nitrogen functional groups attached to an aromatic ring is 1. The van der Waals surface area contributed by atoms with Gasteiger partial charge in [-0.1, -0.05) is 43.3 Å². The van der Waals surface area contributed by atoms with Gasteiger partial charge in [0.2, 0.25) is 0 Å². The minimum atomic E-state index is -0.758. The first kappa shape index (κ1) is 17.8. The van der Waals surface area contributed by atoms with Crippen LogP contribution in [0, 0.1) is 5.92 Å². The second-order valence-electron chi connectivity index (χ2n) is 5.62. The van der Waals surface area contributed by atoms with Gasteiger partial charge in [-0.15, -0.1) is 11.8 Å². The third-order valence-corrected chi connectivity index (χ3v) is 5.13. The van der Waals surface area contributed by atoms with E-state index in [0.717, 1.165) is 16.0 Å². The smallest absolute Gasteiger partial charge is 0.0840 e. The van der Waals surface area contributed by atoms with Gasteiger partial charge < -0.3 is 21.1 Å². The highest BCUT2D eigenvalue weighted by atomic mass is 32.2. The molecule has 2 aromatic rings. The van der Waals surface area contributed by atoms with Crippen LogP contribution in [-0.4, -0.2) is 27.2 Å². The van der Waals surface area contributed by atoms with Crippen molar-refractivity contribution in [3.8, 4) is 0 Å². The lowest BCUT2D eigenvalue weighted by molar-refractivity contribution is 0.0330. The Labute approximate surface area is 141 Å². The van der Waals surface area contributed by atoms with Gasteiger partial charge in [0, 0.05) is 22.3 Å². The molecule has 3 atom stereocenters. The molecule has 0 unspecified atom stereocenters. The van der Waals surface area contributed by atoms with Crippen molar-refractivity contribution in [1.29, 1.82) is 0 Å². The molecule has 5 heteroatoms. The zero-order chi connectivity index (χ0) is 16.8. The van der Waals surface area contributed by atoms with Crippen molar-refractivity contribution >= 4 is 17.4 Å². The number of thioether (sulfide) groups is 1. The highest BCUT2D eigenvalue weighted by Crippen LogP contribution is 2.30. The van der Waals surface area contributed by atoms with Crippen molar-refractivity contribution in [3.63, 3.8) is 0 Å². The second kappa shape index (κ2) is 8.36. The molecule has 0 aliphatic rings. The van der Waals surface area contributed by atoms with E-state index in [0.29, 0.717) is 11.4 Å². The summed E-state index contributed by atoms with van der Waals surface area (Å²) < 4.78 is 0. The summed E-state index contributed by atoms with van der Waals surface area (Å²) in [6.07, 6.45) is -1.42. The molecule has 0 heterocycles. The lowest BCUT2D eigenvalue weighted by Crippen LogP contribution is -2.26. The van der Waals surface area contributed by atoms with E-state index in [1.807, 2.05) is 31.2 Å². The second-order valence-corrected chi connectivity index (χ2v) is 6.68. The molecule has 0 radical (unpaired) electrons. The number of rotatable bonds is 7. The summed E-state index contributed by atoms with van der Waals surface area (Å²) in [5.41, 5.74) is 8.11. The van der Waals surface area contributed by atoms with Gasteiger partial charge in [0.25, 0.3) is 0 Å². The lowest BCUT2D eigenvalue weighted by Gasteiger charge is -2.24. The summed E-state index contributed by atoms with van der Waals surface area (Å²) in [6.45, 7) is 1.80. The standard InChI is InChI=1S/C18H23NO3S/c1-12(18(22)14-8-6-13(10-20)7-9-14)16(21)11-23-17-5-3-2-4-15(17)19/h2-9,12,16,18,20-22H,10-11,19H2,1H3/t12-,16+,18+/m0/s1. The average Bonchev–Trinajstić information content (AvgIpc) is 2.59. The van der Waals surface area contributed by atoms with Crippen LogP contribution in [0.15, 0.2) is 53.4 Å². The van der Waals surface area contributed by atoms with Crippen molar-refractivity contribution in [2.45, 2.75) is 30.6 Å². The molecule has 4 nitrogen and oxygen atoms in total. The Morgan fingerprint density at radius 1 is 1.04 bits per heavy atom. The summed E-state index contributed by atoms with van der Waals surface area (Å²) in [5, 5.41) is 29.8. The number of hydrogen-bond donors (Lipinski definition) is 4. The highest BCUT2D eigenvalue weighted by Gasteiger charge is 2.24. The first-order chi connectivity index (χ1) is 11.0. The molecular formula is C18H23NO3S. The fraction of sp³-hybridized carbons (Fsp3) is 0.333. The van der Waals surface area contributed by atoms with Crippen LogP contribution in [0.25, 0.3) is 0 Å². The third-order valence-electron chi connectivity index (χ3n) is 3.94. The summed E-state index contributed by atoms with van der Waals surface area (Å²) in [4.78, 5) is 0.931. The molecule has 5 N–H and O–H groups in total. The topological polar surface area (TPSA) is 86.7 Å². The zero-order valence-corrected chi connectivity index (χ0v) is 13.9. The first-order valence-corrected chi connectivity index (χ1v) is 8.54. The number of aliphatic hydroxyl groups is 3. The predicted molar refractivity (Wildman–Crippen MR) is 94.1 cm³/mol. The SMILES string of the molecule is C[C@@H]([C@H](O)CSc1ccccc1N)[C@@H](O)c1ccc(CO)cc1. The molecule has 2 aromatic carbocycles. The number of benzene rings is 2. The van der Waals surface area contributed by atoms with Gasteiger partial charge in [-0.05, 0) is 23.3 Å². The Balaban J connectivity index is 1.95. The molecular weight excluding hydrogens is 310 g/mol. The van der Waals surface area contributed by atoms with Crippen LogP contribution in [0.3, 0.4) is 0 Å². The van der Waals surface area contributed by atoms with Crippen LogP contribution in [-0.2, 0) is 6.61 Å². The van der Waals surface area contributed by atoms with E-state index in [1.165, 1.54) is 11.8 Å². The average molecular weight is 333 g/mol. The number of nitrogens with two attached hydrogens (primary N) is 1. The molecule has 0 aliphatic heterocycles. The third kappa shape index (κ3) is 4.72. The van der Waals surface area contributed by atoms with E-state index in [4.69, 9.17) is 10.8 Å². The Bertz CT molecular complexity index is 618.